The summed E-state index contributed by atoms with van der Waals surface area (Å²) in [6.07, 6.45) is 19.8. The van der Waals surface area contributed by atoms with Crippen LogP contribution in [0.15, 0.2) is 36.0 Å². The number of rotatable bonds is 1. The van der Waals surface area contributed by atoms with Gasteiger partial charge in [0.15, 0.2) is 0 Å². The van der Waals surface area contributed by atoms with Crippen LogP contribution in [0.5, 0.6) is 0 Å². The molecule has 2 rings (SSSR count). The van der Waals surface area contributed by atoms with E-state index in [4.69, 9.17) is 0 Å². The summed E-state index contributed by atoms with van der Waals surface area (Å²) in [5.41, 5.74) is 1.80. The molecule has 0 aromatic carbocycles. The van der Waals surface area contributed by atoms with Gasteiger partial charge >= 0.3 is 19.5 Å². The molecule has 0 N–H and O–H groups in total. The van der Waals surface area contributed by atoms with Gasteiger partial charge in [0, 0.05) is 0 Å². The van der Waals surface area contributed by atoms with Gasteiger partial charge in [-0.15, -0.1) is 12.8 Å². The van der Waals surface area contributed by atoms with Gasteiger partial charge in [-0.05, 0) is 5.41 Å². The van der Waals surface area contributed by atoms with Gasteiger partial charge < -0.3 is 0 Å². The van der Waals surface area contributed by atoms with Gasteiger partial charge in [0.1, 0.15) is 0 Å². The molecule has 0 spiro atoms. The Morgan fingerprint density at radius 2 is 1.94 bits per heavy atom. The van der Waals surface area contributed by atoms with E-state index >= 15 is 0 Å². The molecule has 0 unspecified atom stereocenters. The van der Waals surface area contributed by atoms with Crippen LogP contribution in [-0.2, 0) is 19.5 Å². The molecule has 2 aliphatic rings. The summed E-state index contributed by atoms with van der Waals surface area (Å²) in [5.74, 6) is 0. The van der Waals surface area contributed by atoms with Crippen molar-refractivity contribution in [3.8, 4) is 0 Å². The largest absolute Gasteiger partial charge is 2.00 e. The van der Waals surface area contributed by atoms with Gasteiger partial charge in [-0.2, -0.15) is 12.2 Å². The Morgan fingerprint density at radius 3 is 2.25 bits per heavy atom. The van der Waals surface area contributed by atoms with E-state index in [-0.39, 0.29) is 19.5 Å². The molecule has 0 amide bonds. The molecule has 0 fully saturated rings. The minimum absolute atomic E-state index is 0. The van der Waals surface area contributed by atoms with Crippen LogP contribution in [0.4, 0.5) is 0 Å². The molecule has 0 bridgehead atoms. The fourth-order valence-corrected chi connectivity index (χ4v) is 1.48. The van der Waals surface area contributed by atoms with E-state index in [2.05, 4.69) is 51.2 Å². The molecule has 0 aliphatic heterocycles. The predicted molar refractivity (Wildman–Crippen MR) is 66.2 cm³/mol. The van der Waals surface area contributed by atoms with Crippen molar-refractivity contribution >= 4 is 0 Å². The zero-order valence-corrected chi connectivity index (χ0v) is 12.1. The molecule has 88 valence electrons. The summed E-state index contributed by atoms with van der Waals surface area (Å²) < 4.78 is 0. The summed E-state index contributed by atoms with van der Waals surface area (Å²) in [7, 11) is 0. The third kappa shape index (κ3) is 7.82. The minimum atomic E-state index is 0. The van der Waals surface area contributed by atoms with Crippen LogP contribution < -0.4 is 0 Å². The summed E-state index contributed by atoms with van der Waals surface area (Å²) in [6, 6.07) is 0. The standard InChI is InChI=1S/C10H15.C5H5.Ru/c1-10(2,3)8-9-6-4-5-7-9;1-2-4-5-3-1;/h4,6H,5,8H2,1-3H3;1-3H,4H2;/q2*-1;+2. The Bertz CT molecular complexity index is 288. The van der Waals surface area contributed by atoms with E-state index in [9.17, 15) is 0 Å². The van der Waals surface area contributed by atoms with E-state index in [0.717, 1.165) is 19.3 Å². The average Bonchev–Trinajstić information content (AvgIpc) is 2.71. The van der Waals surface area contributed by atoms with Crippen molar-refractivity contribution in [2.24, 2.45) is 5.41 Å². The molecule has 0 radical (unpaired) electrons. The van der Waals surface area contributed by atoms with Crippen LogP contribution >= 0.6 is 0 Å². The predicted octanol–water partition coefficient (Wildman–Crippen LogP) is 4.42. The van der Waals surface area contributed by atoms with Crippen LogP contribution in [0.25, 0.3) is 0 Å². The van der Waals surface area contributed by atoms with Crippen LogP contribution in [-0.4, -0.2) is 0 Å². The summed E-state index contributed by atoms with van der Waals surface area (Å²) in [6.45, 7) is 6.77. The second-order valence-corrected chi connectivity index (χ2v) is 5.05. The number of hydrogen-bond donors (Lipinski definition) is 0. The second kappa shape index (κ2) is 7.79. The first-order chi connectivity index (χ1) is 7.08. The van der Waals surface area contributed by atoms with Gasteiger partial charge in [0.2, 0.25) is 0 Å². The topological polar surface area (TPSA) is 0 Å². The molecule has 16 heavy (non-hydrogen) atoms. The van der Waals surface area contributed by atoms with Gasteiger partial charge in [-0.3, -0.25) is 12.2 Å². The van der Waals surface area contributed by atoms with Crippen molar-refractivity contribution in [3.63, 3.8) is 0 Å². The summed E-state index contributed by atoms with van der Waals surface area (Å²) >= 11 is 0. The number of allylic oxidation sites excluding steroid dienone is 8. The normalized spacial score (nSPS) is 16.6. The zero-order chi connectivity index (χ0) is 11.1. The first kappa shape index (κ1) is 15.6. The van der Waals surface area contributed by atoms with Crippen LogP contribution in [0, 0.1) is 17.6 Å². The molecule has 2 aliphatic carbocycles. The Hall–Kier alpha value is -0.417. The first-order valence-corrected chi connectivity index (χ1v) is 5.56. The smallest absolute Gasteiger partial charge is 0.273 e. The Labute approximate surface area is 113 Å². The maximum Gasteiger partial charge on any atom is 2.00 e. The van der Waals surface area contributed by atoms with Crippen molar-refractivity contribution in [2.75, 3.05) is 0 Å². The van der Waals surface area contributed by atoms with E-state index in [1.165, 1.54) is 5.57 Å². The first-order valence-electron chi connectivity index (χ1n) is 5.56. The Morgan fingerprint density at radius 1 is 1.19 bits per heavy atom. The molecule has 1 heteroatoms. The third-order valence-electron chi connectivity index (χ3n) is 2.07. The van der Waals surface area contributed by atoms with E-state index in [0.29, 0.717) is 5.41 Å². The molecule has 0 nitrogen and oxygen atoms in total. The average molecular weight is 301 g/mol. The SMILES string of the molecule is CC(C)(C)CC1=[C-]CC=C1.[C-]1=CC=CC1.[Ru+2]. The Balaban J connectivity index is 0.000000318. The van der Waals surface area contributed by atoms with Crippen molar-refractivity contribution < 1.29 is 19.5 Å². The molecule has 0 saturated heterocycles. The fourth-order valence-electron chi connectivity index (χ4n) is 1.48. The maximum absolute atomic E-state index is 3.32. The van der Waals surface area contributed by atoms with E-state index in [1.54, 1.807) is 0 Å². The van der Waals surface area contributed by atoms with Crippen molar-refractivity contribution in [2.45, 2.75) is 40.0 Å². The molecule has 0 saturated carbocycles. The van der Waals surface area contributed by atoms with Gasteiger partial charge in [0.05, 0.1) is 0 Å². The minimum Gasteiger partial charge on any atom is -0.273 e. The summed E-state index contributed by atoms with van der Waals surface area (Å²) in [4.78, 5) is 0. The molecule has 0 aromatic heterocycles. The van der Waals surface area contributed by atoms with Crippen LogP contribution in [0.1, 0.15) is 40.0 Å². The number of hydrogen-bond acceptors (Lipinski definition) is 0. The van der Waals surface area contributed by atoms with Gasteiger partial charge in [-0.25, -0.2) is 23.8 Å². The van der Waals surface area contributed by atoms with E-state index in [1.807, 2.05) is 12.2 Å². The van der Waals surface area contributed by atoms with Crippen LogP contribution in [0.3, 0.4) is 0 Å². The van der Waals surface area contributed by atoms with Gasteiger partial charge in [0.25, 0.3) is 0 Å². The van der Waals surface area contributed by atoms with Gasteiger partial charge in [-0.1, -0.05) is 27.2 Å². The van der Waals surface area contributed by atoms with Crippen molar-refractivity contribution in [1.82, 2.24) is 0 Å². The third-order valence-corrected chi connectivity index (χ3v) is 2.07. The fraction of sp³-hybridized carbons (Fsp3) is 0.467. The van der Waals surface area contributed by atoms with Crippen molar-refractivity contribution in [3.05, 3.63) is 48.1 Å². The molecular weight excluding hydrogens is 281 g/mol. The molecule has 0 aromatic rings. The van der Waals surface area contributed by atoms with Crippen LogP contribution in [0.2, 0.25) is 0 Å². The van der Waals surface area contributed by atoms with Crippen molar-refractivity contribution in [1.29, 1.82) is 0 Å². The summed E-state index contributed by atoms with van der Waals surface area (Å²) in [5, 5.41) is 0. The molecule has 0 heterocycles. The quantitative estimate of drug-likeness (QED) is 0.497. The second-order valence-electron chi connectivity index (χ2n) is 5.05. The maximum atomic E-state index is 3.32. The molecular formula is C15H20Ru. The molecule has 0 atom stereocenters. The zero-order valence-electron chi connectivity index (χ0n) is 10.4. The monoisotopic (exact) mass is 302 g/mol. The Kier molecular flexibility index (Phi) is 7.59. The van der Waals surface area contributed by atoms with E-state index < -0.39 is 0 Å².